The van der Waals surface area contributed by atoms with Crippen LogP contribution in [0.1, 0.15) is 0 Å². The fourth-order valence-electron chi connectivity index (χ4n) is 3.10. The molecule has 0 amide bonds. The van der Waals surface area contributed by atoms with Gasteiger partial charge in [0.15, 0.2) is 22.7 Å². The Morgan fingerprint density at radius 3 is 2.42 bits per heavy atom. The number of methoxy groups -OCH3 is 1. The molecule has 5 rings (SSSR count). The summed E-state index contributed by atoms with van der Waals surface area (Å²) in [5, 5.41) is 11.2. The first-order valence-corrected chi connectivity index (χ1v) is 6.95. The second-order valence-corrected chi connectivity index (χ2v) is 5.32. The predicted octanol–water partition coefficient (Wildman–Crippen LogP) is 1.93. The molecule has 0 aliphatic carbocycles. The van der Waals surface area contributed by atoms with Crippen LogP contribution in [0.3, 0.4) is 0 Å². The standard InChI is InChI=1S/C16H8O8/c1-20-7-2-5-9-10-6(15(18)23-13(9)11(7)17)3-8-12(22-4-21-8)14(10)24-16(5)19/h2-3,17H,4H2,1H3. The van der Waals surface area contributed by atoms with E-state index in [0.717, 1.165) is 0 Å². The highest BCUT2D eigenvalue weighted by atomic mass is 16.7. The number of rotatable bonds is 1. The highest BCUT2D eigenvalue weighted by Gasteiger charge is 2.28. The van der Waals surface area contributed by atoms with E-state index in [1.165, 1.54) is 19.2 Å². The number of hydrogen-bond acceptors (Lipinski definition) is 8. The summed E-state index contributed by atoms with van der Waals surface area (Å²) in [6.45, 7) is -0.0502. The molecule has 0 saturated carbocycles. The van der Waals surface area contributed by atoms with Crippen LogP contribution < -0.4 is 25.5 Å². The molecule has 4 aromatic rings. The fraction of sp³-hybridized carbons (Fsp3) is 0.125. The first kappa shape index (κ1) is 13.1. The number of aromatic hydroxyl groups is 1. The van der Waals surface area contributed by atoms with Crippen molar-refractivity contribution >= 4 is 32.7 Å². The molecule has 8 nitrogen and oxygen atoms in total. The molecule has 1 N–H and O–H groups in total. The van der Waals surface area contributed by atoms with Crippen LogP contribution in [0.25, 0.3) is 32.7 Å². The van der Waals surface area contributed by atoms with Crippen LogP contribution >= 0.6 is 0 Å². The Balaban J connectivity index is 2.19. The van der Waals surface area contributed by atoms with Gasteiger partial charge in [0.1, 0.15) is 0 Å². The summed E-state index contributed by atoms with van der Waals surface area (Å²) in [5.41, 5.74) is -1.44. The van der Waals surface area contributed by atoms with Crippen LogP contribution in [0, 0.1) is 0 Å². The van der Waals surface area contributed by atoms with Crippen molar-refractivity contribution in [1.82, 2.24) is 0 Å². The highest BCUT2D eigenvalue weighted by Crippen LogP contribution is 2.46. The summed E-state index contributed by atoms with van der Waals surface area (Å²) in [7, 11) is 1.32. The SMILES string of the molecule is COc1cc2c(=O)oc3c4c(cc5c(=O)oc(c1O)c2c35)OCO4. The molecule has 0 unspecified atom stereocenters. The molecule has 0 saturated heterocycles. The molecule has 2 aromatic heterocycles. The van der Waals surface area contributed by atoms with Gasteiger partial charge in [0.25, 0.3) is 0 Å². The zero-order chi connectivity index (χ0) is 16.6. The van der Waals surface area contributed by atoms with Gasteiger partial charge in [-0.1, -0.05) is 0 Å². The summed E-state index contributed by atoms with van der Waals surface area (Å²) >= 11 is 0. The second kappa shape index (κ2) is 4.10. The predicted molar refractivity (Wildman–Crippen MR) is 81.6 cm³/mol. The van der Waals surface area contributed by atoms with Gasteiger partial charge in [0.2, 0.25) is 18.3 Å². The number of hydrogen-bond donors (Lipinski definition) is 1. The van der Waals surface area contributed by atoms with Crippen LogP contribution in [-0.2, 0) is 0 Å². The minimum absolute atomic E-state index is 0.00106. The van der Waals surface area contributed by atoms with Gasteiger partial charge in [0.05, 0.1) is 17.9 Å². The minimum Gasteiger partial charge on any atom is -0.502 e. The van der Waals surface area contributed by atoms with Crippen molar-refractivity contribution in [2.45, 2.75) is 0 Å². The summed E-state index contributed by atoms with van der Waals surface area (Å²) in [4.78, 5) is 24.8. The molecule has 0 spiro atoms. The lowest BCUT2D eigenvalue weighted by molar-refractivity contribution is 0.174. The first-order chi connectivity index (χ1) is 11.6. The van der Waals surface area contributed by atoms with E-state index in [1.807, 2.05) is 0 Å². The number of phenolic OH excluding ortho intramolecular Hbond substituents is 1. The molecule has 3 heterocycles. The van der Waals surface area contributed by atoms with Gasteiger partial charge >= 0.3 is 11.3 Å². The van der Waals surface area contributed by atoms with Gasteiger partial charge < -0.3 is 28.2 Å². The third kappa shape index (κ3) is 1.38. The molecule has 0 atom stereocenters. The lowest BCUT2D eigenvalue weighted by atomic mass is 10.0. The van der Waals surface area contributed by atoms with Crippen LogP contribution in [0.5, 0.6) is 23.0 Å². The van der Waals surface area contributed by atoms with E-state index < -0.39 is 11.3 Å². The summed E-state index contributed by atoms with van der Waals surface area (Å²) < 4.78 is 26.3. The Bertz CT molecular complexity index is 1260. The van der Waals surface area contributed by atoms with Crippen molar-refractivity contribution in [3.05, 3.63) is 33.0 Å². The average Bonchev–Trinajstić information content (AvgIpc) is 3.04. The van der Waals surface area contributed by atoms with Crippen LogP contribution in [0.15, 0.2) is 30.6 Å². The molecular weight excluding hydrogens is 320 g/mol. The lowest BCUT2D eigenvalue weighted by Gasteiger charge is -2.12. The van der Waals surface area contributed by atoms with E-state index in [-0.39, 0.29) is 57.1 Å². The molecule has 24 heavy (non-hydrogen) atoms. The Morgan fingerprint density at radius 2 is 1.67 bits per heavy atom. The molecule has 2 aromatic carbocycles. The van der Waals surface area contributed by atoms with Crippen molar-refractivity contribution in [2.75, 3.05) is 13.9 Å². The van der Waals surface area contributed by atoms with Gasteiger partial charge in [-0.3, -0.25) is 0 Å². The van der Waals surface area contributed by atoms with Gasteiger partial charge in [-0.2, -0.15) is 0 Å². The van der Waals surface area contributed by atoms with Crippen molar-refractivity contribution in [3.8, 4) is 23.0 Å². The Morgan fingerprint density at radius 1 is 1.00 bits per heavy atom. The number of fused-ring (bicyclic) bond motifs is 2. The number of benzene rings is 2. The monoisotopic (exact) mass is 328 g/mol. The van der Waals surface area contributed by atoms with Crippen LogP contribution in [-0.4, -0.2) is 19.0 Å². The van der Waals surface area contributed by atoms with Crippen molar-refractivity contribution < 1.29 is 28.2 Å². The number of ether oxygens (including phenoxy) is 3. The molecule has 0 radical (unpaired) electrons. The minimum atomic E-state index is -0.704. The van der Waals surface area contributed by atoms with E-state index in [1.54, 1.807) is 0 Å². The average molecular weight is 328 g/mol. The molecule has 0 fully saturated rings. The van der Waals surface area contributed by atoms with E-state index in [0.29, 0.717) is 5.39 Å². The molecule has 1 aliphatic heterocycles. The second-order valence-electron chi connectivity index (χ2n) is 5.32. The summed E-state index contributed by atoms with van der Waals surface area (Å²) in [6.07, 6.45) is 0. The van der Waals surface area contributed by atoms with E-state index in [4.69, 9.17) is 23.0 Å². The van der Waals surface area contributed by atoms with Crippen molar-refractivity contribution in [1.29, 1.82) is 0 Å². The smallest absolute Gasteiger partial charge is 0.344 e. The molecule has 120 valence electrons. The number of phenols is 1. The van der Waals surface area contributed by atoms with Gasteiger partial charge in [-0.25, -0.2) is 9.59 Å². The van der Waals surface area contributed by atoms with E-state index in [9.17, 15) is 14.7 Å². The third-order valence-corrected chi connectivity index (χ3v) is 4.14. The quantitative estimate of drug-likeness (QED) is 0.417. The Kier molecular flexibility index (Phi) is 2.23. The molecular formula is C16H8O8. The van der Waals surface area contributed by atoms with E-state index in [2.05, 4.69) is 0 Å². The highest BCUT2D eigenvalue weighted by molar-refractivity contribution is 6.22. The molecule has 0 bridgehead atoms. The van der Waals surface area contributed by atoms with Crippen molar-refractivity contribution in [2.24, 2.45) is 0 Å². The topological polar surface area (TPSA) is 108 Å². The summed E-state index contributed by atoms with van der Waals surface area (Å²) in [6, 6.07) is 2.81. The van der Waals surface area contributed by atoms with Crippen LogP contribution in [0.4, 0.5) is 0 Å². The zero-order valence-electron chi connectivity index (χ0n) is 12.2. The molecule has 1 aliphatic rings. The normalized spacial score (nSPS) is 13.4. The zero-order valence-corrected chi connectivity index (χ0v) is 12.2. The maximum Gasteiger partial charge on any atom is 0.344 e. The summed E-state index contributed by atoms with van der Waals surface area (Å²) in [5.74, 6) is 0.163. The largest absolute Gasteiger partial charge is 0.502 e. The Hall–Kier alpha value is -3.42. The molecule has 8 heteroatoms. The maximum atomic E-state index is 12.4. The Labute approximate surface area is 131 Å². The van der Waals surface area contributed by atoms with Crippen LogP contribution in [0.2, 0.25) is 0 Å². The fourth-order valence-corrected chi connectivity index (χ4v) is 3.10. The maximum absolute atomic E-state index is 12.4. The lowest BCUT2D eigenvalue weighted by Crippen LogP contribution is -2.07. The van der Waals surface area contributed by atoms with Gasteiger partial charge in [-0.15, -0.1) is 0 Å². The van der Waals surface area contributed by atoms with Crippen molar-refractivity contribution in [3.63, 3.8) is 0 Å². The first-order valence-electron chi connectivity index (χ1n) is 6.95. The third-order valence-electron chi connectivity index (χ3n) is 4.14. The van der Waals surface area contributed by atoms with E-state index >= 15 is 0 Å². The van der Waals surface area contributed by atoms with Gasteiger partial charge in [0, 0.05) is 10.8 Å². The van der Waals surface area contributed by atoms with Gasteiger partial charge in [-0.05, 0) is 12.1 Å².